The topological polar surface area (TPSA) is 77.6 Å². The van der Waals surface area contributed by atoms with Crippen molar-refractivity contribution in [2.45, 2.75) is 6.54 Å². The Morgan fingerprint density at radius 1 is 1.00 bits per heavy atom. The van der Waals surface area contributed by atoms with E-state index < -0.39 is 0 Å². The van der Waals surface area contributed by atoms with Gasteiger partial charge in [0.15, 0.2) is 5.69 Å². The molecule has 0 saturated heterocycles. The van der Waals surface area contributed by atoms with Crippen molar-refractivity contribution in [3.8, 4) is 5.69 Å². The average molecular weight is 344 g/mol. The predicted molar refractivity (Wildman–Crippen MR) is 97.1 cm³/mol. The first-order valence-corrected chi connectivity index (χ1v) is 8.12. The Hall–Kier alpha value is -3.74. The molecule has 0 saturated carbocycles. The summed E-state index contributed by atoms with van der Waals surface area (Å²) in [5.41, 5.74) is 3.05. The zero-order valence-corrected chi connectivity index (χ0v) is 13.9. The van der Waals surface area contributed by atoms with Crippen molar-refractivity contribution in [1.82, 2.24) is 24.5 Å². The van der Waals surface area contributed by atoms with Gasteiger partial charge >= 0.3 is 0 Å². The van der Waals surface area contributed by atoms with Gasteiger partial charge < -0.3 is 5.32 Å². The number of aromatic nitrogens is 5. The first-order chi connectivity index (χ1) is 12.8. The molecule has 0 radical (unpaired) electrons. The largest absolute Gasteiger partial charge is 0.321 e. The first-order valence-electron chi connectivity index (χ1n) is 8.12. The van der Waals surface area contributed by atoms with Crippen LogP contribution in [-0.2, 0) is 6.54 Å². The summed E-state index contributed by atoms with van der Waals surface area (Å²) >= 11 is 0. The predicted octanol–water partition coefficient (Wildman–Crippen LogP) is 2.76. The lowest BCUT2D eigenvalue weighted by Gasteiger charge is -2.06. The Bertz CT molecular complexity index is 990. The normalized spacial score (nSPS) is 10.6. The Kier molecular flexibility index (Phi) is 4.26. The SMILES string of the molecule is O=C(Nc1ccc(Cn2cncn2)cc1)c1ccn(-c2ccccc2)n1. The van der Waals surface area contributed by atoms with Crippen LogP contribution in [0.25, 0.3) is 5.69 Å². The molecule has 0 aliphatic rings. The van der Waals surface area contributed by atoms with Crippen molar-refractivity contribution in [3.05, 3.63) is 90.8 Å². The highest BCUT2D eigenvalue weighted by Crippen LogP contribution is 2.13. The monoisotopic (exact) mass is 344 g/mol. The molecule has 2 aromatic heterocycles. The van der Waals surface area contributed by atoms with Crippen LogP contribution in [0.15, 0.2) is 79.5 Å². The van der Waals surface area contributed by atoms with Crippen LogP contribution in [0.5, 0.6) is 0 Å². The van der Waals surface area contributed by atoms with Crippen molar-refractivity contribution in [2.24, 2.45) is 0 Å². The number of anilines is 1. The van der Waals surface area contributed by atoms with Crippen LogP contribution in [0.1, 0.15) is 16.1 Å². The van der Waals surface area contributed by atoms with E-state index in [0.717, 1.165) is 11.3 Å². The number of carbonyl (C=O) groups is 1. The lowest BCUT2D eigenvalue weighted by molar-refractivity contribution is 0.102. The lowest BCUT2D eigenvalue weighted by atomic mass is 10.2. The molecule has 4 aromatic rings. The van der Waals surface area contributed by atoms with Gasteiger partial charge in [-0.25, -0.2) is 14.3 Å². The minimum absolute atomic E-state index is 0.247. The van der Waals surface area contributed by atoms with Gasteiger partial charge in [-0.1, -0.05) is 30.3 Å². The molecule has 0 fully saturated rings. The third-order valence-electron chi connectivity index (χ3n) is 3.87. The van der Waals surface area contributed by atoms with Crippen LogP contribution in [0.2, 0.25) is 0 Å². The van der Waals surface area contributed by atoms with Gasteiger partial charge in [-0.15, -0.1) is 0 Å². The fourth-order valence-corrected chi connectivity index (χ4v) is 2.56. The third-order valence-corrected chi connectivity index (χ3v) is 3.87. The highest BCUT2D eigenvalue weighted by Gasteiger charge is 2.10. The number of hydrogen-bond acceptors (Lipinski definition) is 4. The minimum atomic E-state index is -0.247. The number of carbonyl (C=O) groups excluding carboxylic acids is 1. The molecule has 0 atom stereocenters. The molecule has 0 aliphatic carbocycles. The second-order valence-corrected chi connectivity index (χ2v) is 5.73. The molecular weight excluding hydrogens is 328 g/mol. The molecule has 2 heterocycles. The van der Waals surface area contributed by atoms with Gasteiger partial charge in [-0.3, -0.25) is 4.79 Å². The van der Waals surface area contributed by atoms with E-state index in [1.165, 1.54) is 6.33 Å². The molecule has 0 unspecified atom stereocenters. The molecule has 1 N–H and O–H groups in total. The Morgan fingerprint density at radius 3 is 2.54 bits per heavy atom. The fourth-order valence-electron chi connectivity index (χ4n) is 2.56. The summed E-state index contributed by atoms with van der Waals surface area (Å²) in [5.74, 6) is -0.247. The molecular formula is C19H16N6O. The molecule has 26 heavy (non-hydrogen) atoms. The summed E-state index contributed by atoms with van der Waals surface area (Å²) < 4.78 is 3.42. The van der Waals surface area contributed by atoms with E-state index in [1.54, 1.807) is 28.0 Å². The van der Waals surface area contributed by atoms with Crippen molar-refractivity contribution in [1.29, 1.82) is 0 Å². The molecule has 128 valence electrons. The van der Waals surface area contributed by atoms with Crippen LogP contribution in [0.4, 0.5) is 5.69 Å². The van der Waals surface area contributed by atoms with Crippen molar-refractivity contribution < 1.29 is 4.79 Å². The number of hydrogen-bond donors (Lipinski definition) is 1. The Labute approximate surface area is 149 Å². The van der Waals surface area contributed by atoms with Gasteiger partial charge in [0.1, 0.15) is 12.7 Å². The van der Waals surface area contributed by atoms with Gasteiger partial charge in [-0.2, -0.15) is 10.2 Å². The van der Waals surface area contributed by atoms with Crippen LogP contribution >= 0.6 is 0 Å². The molecule has 0 spiro atoms. The molecule has 0 aliphatic heterocycles. The van der Waals surface area contributed by atoms with Crippen molar-refractivity contribution >= 4 is 11.6 Å². The number of para-hydroxylation sites is 1. The zero-order valence-electron chi connectivity index (χ0n) is 13.9. The highest BCUT2D eigenvalue weighted by molar-refractivity contribution is 6.02. The summed E-state index contributed by atoms with van der Waals surface area (Å²) in [7, 11) is 0. The molecule has 1 amide bonds. The van der Waals surface area contributed by atoms with Crippen LogP contribution in [-0.4, -0.2) is 30.5 Å². The smallest absolute Gasteiger partial charge is 0.276 e. The molecule has 2 aromatic carbocycles. The standard InChI is InChI=1S/C19H16N6O/c26-19(18-10-11-25(23-18)17-4-2-1-3-5-17)22-16-8-6-15(7-9-16)12-24-14-20-13-21-24/h1-11,13-14H,12H2,(H,22,26). The van der Waals surface area contributed by atoms with Crippen molar-refractivity contribution in [2.75, 3.05) is 5.32 Å². The number of amides is 1. The maximum atomic E-state index is 12.4. The van der Waals surface area contributed by atoms with E-state index in [-0.39, 0.29) is 5.91 Å². The quantitative estimate of drug-likeness (QED) is 0.604. The van der Waals surface area contributed by atoms with E-state index >= 15 is 0 Å². The minimum Gasteiger partial charge on any atom is -0.321 e. The van der Waals surface area contributed by atoms with E-state index in [0.29, 0.717) is 17.9 Å². The van der Waals surface area contributed by atoms with Crippen LogP contribution in [0.3, 0.4) is 0 Å². The van der Waals surface area contributed by atoms with Crippen LogP contribution < -0.4 is 5.32 Å². The summed E-state index contributed by atoms with van der Waals surface area (Å²) in [6.45, 7) is 0.635. The summed E-state index contributed by atoms with van der Waals surface area (Å²) in [5, 5.41) is 11.3. The van der Waals surface area contributed by atoms with E-state index in [4.69, 9.17) is 0 Å². The van der Waals surface area contributed by atoms with E-state index in [9.17, 15) is 4.79 Å². The maximum Gasteiger partial charge on any atom is 0.276 e. The highest BCUT2D eigenvalue weighted by atomic mass is 16.1. The molecule has 4 rings (SSSR count). The lowest BCUT2D eigenvalue weighted by Crippen LogP contribution is -2.13. The molecule has 7 nitrogen and oxygen atoms in total. The second-order valence-electron chi connectivity index (χ2n) is 5.73. The van der Waals surface area contributed by atoms with Crippen LogP contribution in [0, 0.1) is 0 Å². The van der Waals surface area contributed by atoms with E-state index in [1.807, 2.05) is 54.6 Å². The number of nitrogens with one attached hydrogen (secondary N) is 1. The number of rotatable bonds is 5. The Morgan fingerprint density at radius 2 is 1.81 bits per heavy atom. The molecule has 7 heteroatoms. The Balaban J connectivity index is 1.42. The number of nitrogens with zero attached hydrogens (tertiary/aromatic N) is 5. The van der Waals surface area contributed by atoms with Gasteiger partial charge in [-0.05, 0) is 35.9 Å². The van der Waals surface area contributed by atoms with Gasteiger partial charge in [0.05, 0.1) is 12.2 Å². The van der Waals surface area contributed by atoms with E-state index in [2.05, 4.69) is 20.5 Å². The second kappa shape index (κ2) is 7.02. The van der Waals surface area contributed by atoms with Gasteiger partial charge in [0.2, 0.25) is 0 Å². The summed E-state index contributed by atoms with van der Waals surface area (Å²) in [6, 6.07) is 19.0. The van der Waals surface area contributed by atoms with Crippen molar-refractivity contribution in [3.63, 3.8) is 0 Å². The summed E-state index contributed by atoms with van der Waals surface area (Å²) in [6.07, 6.45) is 4.94. The third kappa shape index (κ3) is 3.51. The summed E-state index contributed by atoms with van der Waals surface area (Å²) in [4.78, 5) is 16.3. The van der Waals surface area contributed by atoms with Gasteiger partial charge in [0, 0.05) is 11.9 Å². The fraction of sp³-hybridized carbons (Fsp3) is 0.0526. The average Bonchev–Trinajstić information content (AvgIpc) is 3.36. The number of benzene rings is 2. The van der Waals surface area contributed by atoms with Gasteiger partial charge in [0.25, 0.3) is 5.91 Å². The molecule has 0 bridgehead atoms. The zero-order chi connectivity index (χ0) is 17.8. The first kappa shape index (κ1) is 15.8. The maximum absolute atomic E-state index is 12.4.